The molecule has 226 valence electrons. The summed E-state index contributed by atoms with van der Waals surface area (Å²) in [6.07, 6.45) is 1.68. The Morgan fingerprint density at radius 3 is 2.33 bits per heavy atom. The van der Waals surface area contributed by atoms with Gasteiger partial charge in [0.1, 0.15) is 25.8 Å². The Hall–Kier alpha value is -4.22. The Morgan fingerprint density at radius 1 is 1.00 bits per heavy atom. The summed E-state index contributed by atoms with van der Waals surface area (Å²) < 4.78 is 27.3. The normalized spacial score (nSPS) is 15.6. The fourth-order valence-electron chi connectivity index (χ4n) is 4.65. The van der Waals surface area contributed by atoms with Gasteiger partial charge in [-0.2, -0.15) is 0 Å². The van der Waals surface area contributed by atoms with Crippen LogP contribution in [0.3, 0.4) is 0 Å². The smallest absolute Gasteiger partial charge is 0.336 e. The Morgan fingerprint density at radius 2 is 1.69 bits per heavy atom. The quantitative estimate of drug-likeness (QED) is 0.101. The highest BCUT2D eigenvalue weighted by Gasteiger charge is 2.38. The van der Waals surface area contributed by atoms with Crippen LogP contribution < -0.4 is 10.1 Å². The van der Waals surface area contributed by atoms with E-state index >= 15 is 0 Å². The van der Waals surface area contributed by atoms with Crippen molar-refractivity contribution >= 4 is 17.6 Å². The van der Waals surface area contributed by atoms with E-state index in [1.807, 2.05) is 38.1 Å². The molecule has 3 rings (SSSR count). The fourth-order valence-corrected chi connectivity index (χ4v) is 4.65. The van der Waals surface area contributed by atoms with E-state index in [-0.39, 0.29) is 42.9 Å². The largest absolute Gasteiger partial charge is 0.490 e. The van der Waals surface area contributed by atoms with Gasteiger partial charge in [0.05, 0.1) is 35.2 Å². The number of allylic oxidation sites excluding steroid dienone is 2. The van der Waals surface area contributed by atoms with Crippen molar-refractivity contribution in [1.29, 1.82) is 0 Å². The van der Waals surface area contributed by atoms with Crippen LogP contribution in [0.5, 0.6) is 5.75 Å². The van der Waals surface area contributed by atoms with Crippen molar-refractivity contribution in [2.75, 3.05) is 33.7 Å². The molecule has 1 unspecified atom stereocenters. The first-order chi connectivity index (χ1) is 20.2. The van der Waals surface area contributed by atoms with E-state index in [0.717, 1.165) is 18.4 Å². The summed E-state index contributed by atoms with van der Waals surface area (Å²) in [5.41, 5.74) is 2.57. The van der Waals surface area contributed by atoms with E-state index in [9.17, 15) is 19.7 Å². The zero-order chi connectivity index (χ0) is 30.6. The Labute approximate surface area is 245 Å². The Bertz CT molecular complexity index is 1320. The lowest BCUT2D eigenvalue weighted by atomic mass is 9.80. The van der Waals surface area contributed by atoms with Gasteiger partial charge in [0.2, 0.25) is 0 Å². The molecule has 0 fully saturated rings. The molecule has 0 radical (unpaired) electrons. The van der Waals surface area contributed by atoms with Gasteiger partial charge in [0.15, 0.2) is 0 Å². The minimum absolute atomic E-state index is 0.00394. The van der Waals surface area contributed by atoms with Crippen LogP contribution in [0, 0.1) is 10.1 Å². The number of benzene rings is 2. The molecule has 1 N–H and O–H groups in total. The van der Waals surface area contributed by atoms with Crippen molar-refractivity contribution in [3.05, 3.63) is 92.3 Å². The minimum Gasteiger partial charge on any atom is -0.490 e. The molecule has 1 aliphatic heterocycles. The highest BCUT2D eigenvalue weighted by Crippen LogP contribution is 2.40. The van der Waals surface area contributed by atoms with Gasteiger partial charge >= 0.3 is 11.9 Å². The van der Waals surface area contributed by atoms with Gasteiger partial charge in [0, 0.05) is 30.1 Å². The molecular formula is C31H38N2O9. The lowest BCUT2D eigenvalue weighted by molar-refractivity contribution is -0.384. The monoisotopic (exact) mass is 582 g/mol. The van der Waals surface area contributed by atoms with Crippen LogP contribution in [0.15, 0.2) is 71.1 Å². The van der Waals surface area contributed by atoms with E-state index in [1.54, 1.807) is 19.9 Å². The van der Waals surface area contributed by atoms with E-state index in [0.29, 0.717) is 29.3 Å². The van der Waals surface area contributed by atoms with Crippen molar-refractivity contribution in [3.8, 4) is 5.75 Å². The van der Waals surface area contributed by atoms with Crippen LogP contribution in [-0.2, 0) is 35.0 Å². The summed E-state index contributed by atoms with van der Waals surface area (Å²) in [7, 11) is 1.23. The number of ether oxygens (including phenoxy) is 5. The molecule has 2 aromatic rings. The SMILES string of the molecule is CCCOCOC(C)Cc1ccc(OCCOC(=O)C2=C(C)NC(C)=C(C(=O)OC)[C@@H]2c2cccc([N+](=O)[O-])c2)cc1. The molecule has 0 aromatic heterocycles. The number of carbonyl (C=O) groups is 2. The number of nitrogens with one attached hydrogen (secondary N) is 1. The van der Waals surface area contributed by atoms with Crippen LogP contribution in [0.2, 0.25) is 0 Å². The molecular weight excluding hydrogens is 544 g/mol. The Balaban J connectivity index is 1.64. The standard InChI is InChI=1S/C31H38N2O9/c1-6-14-39-19-42-20(2)17-23-10-12-26(13-11-23)40-15-16-41-31(35)28-22(4)32-21(3)27(30(34)38-5)29(28)24-8-7-9-25(18-24)33(36)37/h7-13,18,20,29,32H,6,14-17,19H2,1-5H3/t20?,29-/m0/s1. The van der Waals surface area contributed by atoms with Crippen molar-refractivity contribution in [2.45, 2.75) is 52.6 Å². The number of esters is 2. The van der Waals surface area contributed by atoms with Gasteiger partial charge in [-0.3, -0.25) is 10.1 Å². The lowest BCUT2D eigenvalue weighted by Crippen LogP contribution is -2.32. The second kappa shape index (κ2) is 15.7. The van der Waals surface area contributed by atoms with E-state index < -0.39 is 22.8 Å². The topological polar surface area (TPSA) is 135 Å². The average molecular weight is 583 g/mol. The summed E-state index contributed by atoms with van der Waals surface area (Å²) in [5.74, 6) is -1.65. The molecule has 0 saturated carbocycles. The molecule has 0 bridgehead atoms. The lowest BCUT2D eigenvalue weighted by Gasteiger charge is -2.30. The van der Waals surface area contributed by atoms with Crippen LogP contribution >= 0.6 is 0 Å². The predicted molar refractivity (Wildman–Crippen MR) is 155 cm³/mol. The molecule has 42 heavy (non-hydrogen) atoms. The molecule has 11 heteroatoms. The molecule has 1 heterocycles. The predicted octanol–water partition coefficient (Wildman–Crippen LogP) is 4.96. The van der Waals surface area contributed by atoms with Gasteiger partial charge in [-0.25, -0.2) is 9.59 Å². The Kier molecular flexibility index (Phi) is 12.1. The van der Waals surface area contributed by atoms with E-state index in [1.165, 1.54) is 25.3 Å². The van der Waals surface area contributed by atoms with Crippen LogP contribution in [0.1, 0.15) is 51.2 Å². The number of hydrogen-bond donors (Lipinski definition) is 1. The van der Waals surface area contributed by atoms with Gasteiger partial charge in [-0.1, -0.05) is 31.2 Å². The third kappa shape index (κ3) is 8.64. The molecule has 11 nitrogen and oxygen atoms in total. The van der Waals surface area contributed by atoms with Gasteiger partial charge in [-0.05, 0) is 56.9 Å². The number of carbonyl (C=O) groups excluding carboxylic acids is 2. The minimum atomic E-state index is -0.927. The van der Waals surface area contributed by atoms with Crippen molar-refractivity contribution in [2.24, 2.45) is 0 Å². The van der Waals surface area contributed by atoms with Gasteiger partial charge in [0.25, 0.3) is 5.69 Å². The number of hydrogen-bond acceptors (Lipinski definition) is 10. The first-order valence-electron chi connectivity index (χ1n) is 13.8. The molecule has 0 saturated heterocycles. The highest BCUT2D eigenvalue weighted by atomic mass is 16.7. The van der Waals surface area contributed by atoms with Gasteiger partial charge < -0.3 is 29.0 Å². The molecule has 0 spiro atoms. The molecule has 0 aliphatic carbocycles. The highest BCUT2D eigenvalue weighted by molar-refractivity contribution is 5.99. The summed E-state index contributed by atoms with van der Waals surface area (Å²) in [4.78, 5) is 37.0. The zero-order valence-corrected chi connectivity index (χ0v) is 24.6. The van der Waals surface area contributed by atoms with Gasteiger partial charge in [-0.15, -0.1) is 0 Å². The zero-order valence-electron chi connectivity index (χ0n) is 24.6. The number of nitro groups is 1. The summed E-state index contributed by atoms with van der Waals surface area (Å²) in [6.45, 7) is 8.37. The van der Waals surface area contributed by atoms with Crippen LogP contribution in [0.25, 0.3) is 0 Å². The second-order valence-corrected chi connectivity index (χ2v) is 9.81. The number of dihydropyridines is 1. The maximum Gasteiger partial charge on any atom is 0.336 e. The maximum atomic E-state index is 13.3. The number of non-ortho nitro benzene ring substituents is 1. The third-order valence-electron chi connectivity index (χ3n) is 6.62. The van der Waals surface area contributed by atoms with Crippen LogP contribution in [0.4, 0.5) is 5.69 Å². The number of nitro benzene ring substituents is 1. The average Bonchev–Trinajstić information content (AvgIpc) is 2.97. The number of nitrogens with zero attached hydrogens (tertiary/aromatic N) is 1. The second-order valence-electron chi connectivity index (χ2n) is 9.81. The van der Waals surface area contributed by atoms with Crippen molar-refractivity contribution < 1.29 is 38.2 Å². The van der Waals surface area contributed by atoms with Crippen molar-refractivity contribution in [3.63, 3.8) is 0 Å². The first kappa shape index (κ1) is 32.3. The fraction of sp³-hybridized carbons (Fsp3) is 0.419. The molecule has 1 aliphatic rings. The maximum absolute atomic E-state index is 13.3. The van der Waals surface area contributed by atoms with Crippen LogP contribution in [-0.4, -0.2) is 56.7 Å². The molecule has 2 aromatic carbocycles. The van der Waals surface area contributed by atoms with E-state index in [4.69, 9.17) is 23.7 Å². The summed E-state index contributed by atoms with van der Waals surface area (Å²) in [5, 5.41) is 14.5. The molecule has 0 amide bonds. The number of methoxy groups -OCH3 is 1. The van der Waals surface area contributed by atoms with E-state index in [2.05, 4.69) is 5.32 Å². The summed E-state index contributed by atoms with van der Waals surface area (Å²) >= 11 is 0. The van der Waals surface area contributed by atoms with Crippen molar-refractivity contribution in [1.82, 2.24) is 5.32 Å². The first-order valence-corrected chi connectivity index (χ1v) is 13.8. The summed E-state index contributed by atoms with van der Waals surface area (Å²) in [6, 6.07) is 13.4. The molecule has 2 atom stereocenters. The third-order valence-corrected chi connectivity index (χ3v) is 6.62. The number of rotatable bonds is 15.